The van der Waals surface area contributed by atoms with Crippen LogP contribution in [0.25, 0.3) is 11.1 Å². The Balaban J connectivity index is 1.24. The number of hydrogen-bond acceptors (Lipinski definition) is 4. The first kappa shape index (κ1) is 23.4. The number of likely N-dealkylation sites (tertiary alicyclic amines) is 1. The molecule has 0 radical (unpaired) electrons. The first-order valence-corrected chi connectivity index (χ1v) is 12.5. The molecule has 7 heteroatoms. The number of benzene rings is 2. The fourth-order valence-electron chi connectivity index (χ4n) is 5.95. The Hall–Kier alpha value is -3.35. The Bertz CT molecular complexity index is 1100. The summed E-state index contributed by atoms with van der Waals surface area (Å²) in [7, 11) is 0. The van der Waals surface area contributed by atoms with E-state index in [1.165, 1.54) is 0 Å². The molecule has 2 aromatic carbocycles. The number of fused-ring (bicyclic) bond motifs is 4. The zero-order valence-corrected chi connectivity index (χ0v) is 20.1. The van der Waals surface area contributed by atoms with Gasteiger partial charge < -0.3 is 20.1 Å². The molecule has 1 saturated carbocycles. The molecule has 35 heavy (non-hydrogen) atoms. The van der Waals surface area contributed by atoms with Crippen LogP contribution in [-0.2, 0) is 14.3 Å². The number of amides is 2. The Morgan fingerprint density at radius 2 is 1.69 bits per heavy atom. The number of piperidine rings is 1. The minimum absolute atomic E-state index is 0.0252. The van der Waals surface area contributed by atoms with Gasteiger partial charge in [-0.05, 0) is 46.4 Å². The Labute approximate surface area is 205 Å². The van der Waals surface area contributed by atoms with Crippen molar-refractivity contribution in [2.75, 3.05) is 19.7 Å². The van der Waals surface area contributed by atoms with Crippen molar-refractivity contribution in [3.8, 4) is 11.1 Å². The zero-order valence-electron chi connectivity index (χ0n) is 20.1. The number of nitrogens with zero attached hydrogens (tertiary/aromatic N) is 1. The number of aliphatic carboxylic acids is 1. The lowest BCUT2D eigenvalue weighted by Gasteiger charge is -2.32. The van der Waals surface area contributed by atoms with Gasteiger partial charge in [0.25, 0.3) is 0 Å². The lowest BCUT2D eigenvalue weighted by atomic mass is 9.97. The molecule has 7 nitrogen and oxygen atoms in total. The summed E-state index contributed by atoms with van der Waals surface area (Å²) in [5, 5.41) is 12.2. The molecule has 0 aromatic heterocycles. The monoisotopic (exact) mass is 476 g/mol. The van der Waals surface area contributed by atoms with Crippen LogP contribution in [0.5, 0.6) is 0 Å². The van der Waals surface area contributed by atoms with Crippen LogP contribution >= 0.6 is 0 Å². The second-order valence-corrected chi connectivity index (χ2v) is 10.1. The lowest BCUT2D eigenvalue weighted by molar-refractivity contribution is -0.139. The normalized spacial score (nSPS) is 23.9. The molecule has 184 valence electrons. The van der Waals surface area contributed by atoms with E-state index in [0.717, 1.165) is 28.7 Å². The number of hydrogen-bond donors (Lipinski definition) is 2. The minimum atomic E-state index is -0.774. The first-order chi connectivity index (χ1) is 16.9. The van der Waals surface area contributed by atoms with Crippen LogP contribution in [0.2, 0.25) is 0 Å². The quantitative estimate of drug-likeness (QED) is 0.627. The molecule has 2 aliphatic carbocycles. The van der Waals surface area contributed by atoms with E-state index < -0.39 is 18.1 Å². The van der Waals surface area contributed by atoms with Gasteiger partial charge in [-0.15, -0.1) is 0 Å². The lowest BCUT2D eigenvalue weighted by Crippen LogP contribution is -2.53. The predicted molar refractivity (Wildman–Crippen MR) is 131 cm³/mol. The molecule has 2 N–H and O–H groups in total. The zero-order chi connectivity index (χ0) is 24.7. The number of carboxylic acids is 1. The number of carbonyl (C=O) groups is 3. The van der Waals surface area contributed by atoms with Crippen LogP contribution in [-0.4, -0.2) is 53.7 Å². The molecule has 2 fully saturated rings. The second-order valence-electron chi connectivity index (χ2n) is 10.1. The SMILES string of the molecule is CCC(C)[C@H](NC(=O)OCC1c2ccccc2-c2ccccc21)C(=O)N1CC[C@H]2C(C(=O)O)[C@H]2C1. The third-order valence-electron chi connectivity index (χ3n) is 8.19. The molecule has 0 spiro atoms. The van der Waals surface area contributed by atoms with E-state index in [2.05, 4.69) is 29.6 Å². The number of nitrogens with one attached hydrogen (secondary N) is 1. The predicted octanol–water partition coefficient (Wildman–Crippen LogP) is 4.12. The Kier molecular flexibility index (Phi) is 6.26. The number of ether oxygens (including phenoxy) is 1. The van der Waals surface area contributed by atoms with Crippen molar-refractivity contribution in [1.82, 2.24) is 10.2 Å². The largest absolute Gasteiger partial charge is 0.481 e. The van der Waals surface area contributed by atoms with E-state index in [9.17, 15) is 19.5 Å². The third-order valence-corrected chi connectivity index (χ3v) is 8.19. The molecule has 5 rings (SSSR count). The summed E-state index contributed by atoms with van der Waals surface area (Å²) in [6, 6.07) is 15.6. The van der Waals surface area contributed by atoms with Crippen LogP contribution in [0, 0.1) is 23.7 Å². The number of rotatable bonds is 7. The minimum Gasteiger partial charge on any atom is -0.481 e. The maximum atomic E-state index is 13.4. The summed E-state index contributed by atoms with van der Waals surface area (Å²) in [4.78, 5) is 39.4. The molecule has 1 heterocycles. The van der Waals surface area contributed by atoms with Gasteiger partial charge >= 0.3 is 12.1 Å². The molecule has 1 saturated heterocycles. The summed E-state index contributed by atoms with van der Waals surface area (Å²) in [5.74, 6) is -1.19. The first-order valence-electron chi connectivity index (χ1n) is 12.5. The highest BCUT2D eigenvalue weighted by atomic mass is 16.5. The van der Waals surface area contributed by atoms with E-state index in [1.54, 1.807) is 4.90 Å². The van der Waals surface area contributed by atoms with Crippen LogP contribution in [0.1, 0.15) is 43.7 Å². The summed E-state index contributed by atoms with van der Waals surface area (Å²) < 4.78 is 5.68. The van der Waals surface area contributed by atoms with Crippen LogP contribution in [0.15, 0.2) is 48.5 Å². The van der Waals surface area contributed by atoms with Crippen molar-refractivity contribution < 1.29 is 24.2 Å². The number of alkyl carbamates (subject to hydrolysis) is 1. The van der Waals surface area contributed by atoms with E-state index in [1.807, 2.05) is 38.1 Å². The molecule has 2 amide bonds. The van der Waals surface area contributed by atoms with Gasteiger partial charge in [0.15, 0.2) is 0 Å². The van der Waals surface area contributed by atoms with Gasteiger partial charge in [0.2, 0.25) is 5.91 Å². The van der Waals surface area contributed by atoms with Crippen LogP contribution in [0.3, 0.4) is 0 Å². The number of carbonyl (C=O) groups excluding carboxylic acids is 2. The smallest absolute Gasteiger partial charge is 0.407 e. The molecule has 3 aliphatic rings. The Morgan fingerprint density at radius 3 is 2.29 bits per heavy atom. The van der Waals surface area contributed by atoms with Crippen molar-refractivity contribution in [3.63, 3.8) is 0 Å². The van der Waals surface area contributed by atoms with Crippen LogP contribution < -0.4 is 5.32 Å². The average Bonchev–Trinajstić information content (AvgIpc) is 3.52. The fourth-order valence-corrected chi connectivity index (χ4v) is 5.95. The molecule has 2 aromatic rings. The maximum absolute atomic E-state index is 13.4. The van der Waals surface area contributed by atoms with Gasteiger partial charge in [-0.3, -0.25) is 9.59 Å². The highest BCUT2D eigenvalue weighted by Gasteiger charge is 2.57. The van der Waals surface area contributed by atoms with Gasteiger partial charge in [0.1, 0.15) is 12.6 Å². The summed E-state index contributed by atoms with van der Waals surface area (Å²) in [6.07, 6.45) is 0.818. The average molecular weight is 477 g/mol. The summed E-state index contributed by atoms with van der Waals surface area (Å²) in [5.41, 5.74) is 4.59. The molecule has 1 aliphatic heterocycles. The van der Waals surface area contributed by atoms with Gasteiger partial charge in [0, 0.05) is 19.0 Å². The summed E-state index contributed by atoms with van der Waals surface area (Å²) >= 11 is 0. The van der Waals surface area contributed by atoms with E-state index in [0.29, 0.717) is 19.5 Å². The van der Waals surface area contributed by atoms with Gasteiger partial charge in [0.05, 0.1) is 5.92 Å². The molecular formula is C28H32N2O5. The van der Waals surface area contributed by atoms with Gasteiger partial charge in [-0.25, -0.2) is 4.79 Å². The van der Waals surface area contributed by atoms with Crippen molar-refractivity contribution in [2.45, 2.75) is 38.6 Å². The molecule has 2 unspecified atom stereocenters. The maximum Gasteiger partial charge on any atom is 0.407 e. The van der Waals surface area contributed by atoms with Crippen molar-refractivity contribution in [2.24, 2.45) is 23.7 Å². The Morgan fingerprint density at radius 1 is 1.06 bits per heavy atom. The van der Waals surface area contributed by atoms with Crippen molar-refractivity contribution in [1.29, 1.82) is 0 Å². The highest BCUT2D eigenvalue weighted by molar-refractivity contribution is 5.86. The number of carboxylic acid groups (broad SMARTS) is 1. The van der Waals surface area contributed by atoms with Gasteiger partial charge in [-0.1, -0.05) is 68.8 Å². The van der Waals surface area contributed by atoms with Gasteiger partial charge in [-0.2, -0.15) is 0 Å². The molecular weight excluding hydrogens is 444 g/mol. The van der Waals surface area contributed by atoms with E-state index in [-0.39, 0.29) is 42.1 Å². The van der Waals surface area contributed by atoms with Crippen LogP contribution in [0.4, 0.5) is 4.79 Å². The standard InChI is InChI=1S/C28H32N2O5/c1-3-16(2)25(26(31)30-13-12-21-22(14-30)24(21)27(32)33)29-28(34)35-15-23-19-10-6-4-8-17(19)18-9-5-7-11-20(18)23/h4-11,16,21-25H,3,12-15H2,1-2H3,(H,29,34)(H,32,33)/t16?,21-,22+,24?,25+/m1/s1. The molecule has 5 atom stereocenters. The highest BCUT2D eigenvalue weighted by Crippen LogP contribution is 2.51. The van der Waals surface area contributed by atoms with Crippen molar-refractivity contribution >= 4 is 18.0 Å². The second kappa shape index (κ2) is 9.36. The third kappa shape index (κ3) is 4.28. The topological polar surface area (TPSA) is 95.9 Å². The van der Waals surface area contributed by atoms with E-state index >= 15 is 0 Å². The summed E-state index contributed by atoms with van der Waals surface area (Å²) in [6.45, 7) is 5.09. The van der Waals surface area contributed by atoms with E-state index in [4.69, 9.17) is 4.74 Å². The molecule has 0 bridgehead atoms. The van der Waals surface area contributed by atoms with Crippen molar-refractivity contribution in [3.05, 3.63) is 59.7 Å². The fraction of sp³-hybridized carbons (Fsp3) is 0.464.